The summed E-state index contributed by atoms with van der Waals surface area (Å²) in [5.41, 5.74) is 0. The van der Waals surface area contributed by atoms with Crippen molar-refractivity contribution in [2.24, 2.45) is 0 Å². The van der Waals surface area contributed by atoms with Crippen LogP contribution in [0.4, 0.5) is 0 Å². The summed E-state index contributed by atoms with van der Waals surface area (Å²) in [7, 11) is -2.54. The van der Waals surface area contributed by atoms with E-state index in [1.54, 1.807) is 0 Å². The first-order valence-electron chi connectivity index (χ1n) is 7.58. The van der Waals surface area contributed by atoms with Gasteiger partial charge in [0.25, 0.3) is 0 Å². The van der Waals surface area contributed by atoms with Crippen molar-refractivity contribution < 1.29 is 9.67 Å². The SMILES string of the molecule is O=P(CCCCCCO)(c1ccccc1)c1ccccc1. The van der Waals surface area contributed by atoms with E-state index >= 15 is 0 Å². The Kier molecular flexibility index (Phi) is 6.22. The molecule has 0 atom stereocenters. The smallest absolute Gasteiger partial charge is 0.143 e. The maximum atomic E-state index is 13.6. The lowest BCUT2D eigenvalue weighted by molar-refractivity contribution is 0.283. The number of rotatable bonds is 8. The van der Waals surface area contributed by atoms with Crippen LogP contribution in [0.2, 0.25) is 0 Å². The lowest BCUT2D eigenvalue weighted by Crippen LogP contribution is -2.18. The van der Waals surface area contributed by atoms with Crippen LogP contribution in [-0.4, -0.2) is 17.9 Å². The fourth-order valence-corrected chi connectivity index (χ4v) is 5.34. The average Bonchev–Trinajstić information content (AvgIpc) is 2.56. The second-order valence-electron chi connectivity index (χ2n) is 5.27. The van der Waals surface area contributed by atoms with E-state index in [9.17, 15) is 4.57 Å². The number of hydrogen-bond donors (Lipinski definition) is 1. The summed E-state index contributed by atoms with van der Waals surface area (Å²) >= 11 is 0. The van der Waals surface area contributed by atoms with E-state index in [1.165, 1.54) is 0 Å². The molecule has 0 unspecified atom stereocenters. The van der Waals surface area contributed by atoms with Gasteiger partial charge in [0, 0.05) is 23.4 Å². The van der Waals surface area contributed by atoms with Gasteiger partial charge in [-0.05, 0) is 12.8 Å². The molecule has 2 aromatic carbocycles. The number of aliphatic hydroxyl groups excluding tert-OH is 1. The van der Waals surface area contributed by atoms with Crippen LogP contribution < -0.4 is 10.6 Å². The number of unbranched alkanes of at least 4 members (excludes halogenated alkanes) is 3. The van der Waals surface area contributed by atoms with Crippen molar-refractivity contribution in [2.75, 3.05) is 12.8 Å². The monoisotopic (exact) mass is 302 g/mol. The van der Waals surface area contributed by atoms with E-state index in [1.807, 2.05) is 60.7 Å². The van der Waals surface area contributed by atoms with Gasteiger partial charge in [-0.15, -0.1) is 0 Å². The molecule has 0 bridgehead atoms. The molecule has 0 aliphatic carbocycles. The Balaban J connectivity index is 2.18. The minimum Gasteiger partial charge on any atom is -0.396 e. The molecule has 0 heterocycles. The molecule has 2 rings (SSSR count). The van der Waals surface area contributed by atoms with E-state index in [4.69, 9.17) is 5.11 Å². The molecule has 0 aliphatic heterocycles. The minimum atomic E-state index is -2.54. The standard InChI is InChI=1S/C18H23O2P/c19-15-9-1-2-10-16-21(20,17-11-5-3-6-12-17)18-13-7-4-8-14-18/h3-8,11-14,19H,1-2,9-10,15-16H2. The van der Waals surface area contributed by atoms with Gasteiger partial charge in [0.1, 0.15) is 7.14 Å². The van der Waals surface area contributed by atoms with Crippen LogP contribution in [0.15, 0.2) is 60.7 Å². The first-order chi connectivity index (χ1) is 10.3. The highest BCUT2D eigenvalue weighted by Gasteiger charge is 2.26. The zero-order valence-electron chi connectivity index (χ0n) is 12.3. The Hall–Kier alpha value is -1.37. The summed E-state index contributed by atoms with van der Waals surface area (Å²) in [6.07, 6.45) is 4.48. The van der Waals surface area contributed by atoms with Gasteiger partial charge in [0.05, 0.1) is 0 Å². The van der Waals surface area contributed by atoms with Crippen molar-refractivity contribution in [2.45, 2.75) is 25.7 Å². The first kappa shape index (κ1) is 16.0. The first-order valence-corrected chi connectivity index (χ1v) is 9.48. The van der Waals surface area contributed by atoms with Crippen LogP contribution in [0.3, 0.4) is 0 Å². The van der Waals surface area contributed by atoms with Crippen molar-refractivity contribution in [1.29, 1.82) is 0 Å². The molecule has 2 nitrogen and oxygen atoms in total. The van der Waals surface area contributed by atoms with Crippen LogP contribution in [0.25, 0.3) is 0 Å². The van der Waals surface area contributed by atoms with Crippen molar-refractivity contribution in [1.82, 2.24) is 0 Å². The van der Waals surface area contributed by atoms with Crippen LogP contribution in [0, 0.1) is 0 Å². The summed E-state index contributed by atoms with van der Waals surface area (Å²) in [6.45, 7) is 0.245. The predicted molar refractivity (Wildman–Crippen MR) is 90.2 cm³/mol. The van der Waals surface area contributed by atoms with Crippen molar-refractivity contribution in [3.8, 4) is 0 Å². The summed E-state index contributed by atoms with van der Waals surface area (Å²) in [5, 5.41) is 10.7. The predicted octanol–water partition coefficient (Wildman–Crippen LogP) is 3.55. The molecule has 0 fully saturated rings. The molecule has 1 N–H and O–H groups in total. The van der Waals surface area contributed by atoms with Crippen LogP contribution >= 0.6 is 7.14 Å². The molecule has 0 saturated heterocycles. The molecule has 112 valence electrons. The number of benzene rings is 2. The molecule has 0 radical (unpaired) electrons. The van der Waals surface area contributed by atoms with Crippen molar-refractivity contribution in [3.05, 3.63) is 60.7 Å². The molecule has 21 heavy (non-hydrogen) atoms. The summed E-state index contributed by atoms with van der Waals surface area (Å²) < 4.78 is 13.6. The van der Waals surface area contributed by atoms with Gasteiger partial charge in [-0.25, -0.2) is 0 Å². The fraction of sp³-hybridized carbons (Fsp3) is 0.333. The lowest BCUT2D eigenvalue weighted by Gasteiger charge is -2.19. The van der Waals surface area contributed by atoms with E-state index in [2.05, 4.69) is 0 Å². The minimum absolute atomic E-state index is 0.245. The molecular weight excluding hydrogens is 279 g/mol. The average molecular weight is 302 g/mol. The molecule has 3 heteroatoms. The quantitative estimate of drug-likeness (QED) is 0.598. The lowest BCUT2D eigenvalue weighted by atomic mass is 10.2. The van der Waals surface area contributed by atoms with E-state index < -0.39 is 7.14 Å². The van der Waals surface area contributed by atoms with Gasteiger partial charge in [-0.2, -0.15) is 0 Å². The summed E-state index contributed by atoms with van der Waals surface area (Å²) in [6, 6.07) is 19.6. The Morgan fingerprint density at radius 1 is 0.714 bits per heavy atom. The molecular formula is C18H23O2P. The Bertz CT molecular complexity index is 523. The molecule has 2 aromatic rings. The molecule has 0 amide bonds. The van der Waals surface area contributed by atoms with Crippen LogP contribution in [-0.2, 0) is 4.57 Å². The summed E-state index contributed by atoms with van der Waals surface area (Å²) in [5.74, 6) is 0. The van der Waals surface area contributed by atoms with Crippen molar-refractivity contribution >= 4 is 17.8 Å². The maximum Gasteiger partial charge on any atom is 0.143 e. The third kappa shape index (κ3) is 4.30. The van der Waals surface area contributed by atoms with E-state index in [0.29, 0.717) is 6.16 Å². The molecule has 0 aliphatic rings. The largest absolute Gasteiger partial charge is 0.396 e. The third-order valence-electron chi connectivity index (χ3n) is 3.73. The Morgan fingerprint density at radius 2 is 1.19 bits per heavy atom. The van der Waals surface area contributed by atoms with Gasteiger partial charge < -0.3 is 9.67 Å². The highest BCUT2D eigenvalue weighted by atomic mass is 31.2. The fourth-order valence-electron chi connectivity index (χ4n) is 2.54. The van der Waals surface area contributed by atoms with Crippen LogP contribution in [0.1, 0.15) is 25.7 Å². The van der Waals surface area contributed by atoms with E-state index in [0.717, 1.165) is 36.3 Å². The topological polar surface area (TPSA) is 37.3 Å². The number of aliphatic hydroxyl groups is 1. The Morgan fingerprint density at radius 3 is 1.67 bits per heavy atom. The van der Waals surface area contributed by atoms with Gasteiger partial charge in [-0.3, -0.25) is 0 Å². The Labute approximate surface area is 127 Å². The van der Waals surface area contributed by atoms with E-state index in [-0.39, 0.29) is 6.61 Å². The highest BCUT2D eigenvalue weighted by Crippen LogP contribution is 2.44. The zero-order valence-corrected chi connectivity index (χ0v) is 13.2. The zero-order chi connectivity index (χ0) is 15.0. The third-order valence-corrected chi connectivity index (χ3v) is 6.94. The molecule has 0 spiro atoms. The normalized spacial score (nSPS) is 11.5. The number of hydrogen-bond acceptors (Lipinski definition) is 2. The van der Waals surface area contributed by atoms with Crippen molar-refractivity contribution in [3.63, 3.8) is 0 Å². The highest BCUT2D eigenvalue weighted by molar-refractivity contribution is 7.78. The van der Waals surface area contributed by atoms with Gasteiger partial charge in [0.15, 0.2) is 0 Å². The van der Waals surface area contributed by atoms with Gasteiger partial charge in [-0.1, -0.05) is 73.5 Å². The van der Waals surface area contributed by atoms with Gasteiger partial charge >= 0.3 is 0 Å². The maximum absolute atomic E-state index is 13.6. The van der Waals surface area contributed by atoms with Gasteiger partial charge in [0.2, 0.25) is 0 Å². The second-order valence-corrected chi connectivity index (χ2v) is 8.23. The molecule has 0 aromatic heterocycles. The summed E-state index contributed by atoms with van der Waals surface area (Å²) in [4.78, 5) is 0. The second kappa shape index (κ2) is 8.17. The van der Waals surface area contributed by atoms with Crippen LogP contribution in [0.5, 0.6) is 0 Å². The molecule has 0 saturated carbocycles.